The monoisotopic (exact) mass is 346 g/mol. The Morgan fingerprint density at radius 1 is 1.40 bits per heavy atom. The summed E-state index contributed by atoms with van der Waals surface area (Å²) in [5.41, 5.74) is 1.12. The van der Waals surface area contributed by atoms with Crippen LogP contribution < -0.4 is 15.0 Å². The normalized spacial score (nSPS) is 20.1. The lowest BCUT2D eigenvalue weighted by Gasteiger charge is -2.37. The number of benzene rings is 1. The molecule has 0 aromatic heterocycles. The fraction of sp³-hybridized carbons (Fsp3) is 0.556. The molecule has 2 aliphatic heterocycles. The Kier molecular flexibility index (Phi) is 5.43. The van der Waals surface area contributed by atoms with Gasteiger partial charge in [-0.15, -0.1) is 0 Å². The minimum Gasteiger partial charge on any atom is -0.485 e. The Morgan fingerprint density at radius 3 is 2.96 bits per heavy atom. The molecule has 3 rings (SSSR count). The minimum absolute atomic E-state index is 0.0114. The van der Waals surface area contributed by atoms with Gasteiger partial charge in [0, 0.05) is 26.2 Å². The van der Waals surface area contributed by atoms with Gasteiger partial charge in [0.05, 0.1) is 25.3 Å². The molecule has 1 atom stereocenters. The van der Waals surface area contributed by atoms with Crippen molar-refractivity contribution in [2.75, 3.05) is 57.8 Å². The molecule has 0 spiro atoms. The Balaban J connectivity index is 1.55. The van der Waals surface area contributed by atoms with Crippen LogP contribution >= 0.6 is 0 Å². The Labute approximate surface area is 148 Å². The van der Waals surface area contributed by atoms with E-state index < -0.39 is 0 Å². The highest BCUT2D eigenvalue weighted by Crippen LogP contribution is 2.32. The first-order valence-electron chi connectivity index (χ1n) is 8.80. The van der Waals surface area contributed by atoms with E-state index in [1.807, 2.05) is 30.1 Å². The average molecular weight is 346 g/mol. The van der Waals surface area contributed by atoms with Crippen LogP contribution in [-0.4, -0.2) is 80.6 Å². The van der Waals surface area contributed by atoms with Gasteiger partial charge in [0.2, 0.25) is 11.8 Å². The van der Waals surface area contributed by atoms with Gasteiger partial charge in [-0.2, -0.15) is 0 Å². The number of rotatable bonds is 5. The van der Waals surface area contributed by atoms with Crippen LogP contribution in [0.5, 0.6) is 5.75 Å². The number of fused-ring (bicyclic) bond motifs is 1. The number of carbonyl (C=O) groups is 2. The molecule has 7 heteroatoms. The molecule has 1 aromatic rings. The topological polar surface area (TPSA) is 65.1 Å². The molecule has 0 aliphatic carbocycles. The molecule has 136 valence electrons. The van der Waals surface area contributed by atoms with Crippen LogP contribution in [-0.2, 0) is 9.59 Å². The van der Waals surface area contributed by atoms with Gasteiger partial charge in [0.15, 0.2) is 0 Å². The fourth-order valence-electron chi connectivity index (χ4n) is 3.37. The van der Waals surface area contributed by atoms with Crippen LogP contribution in [0.1, 0.15) is 6.92 Å². The maximum atomic E-state index is 12.4. The molecule has 25 heavy (non-hydrogen) atoms. The first-order valence-corrected chi connectivity index (χ1v) is 8.80. The van der Waals surface area contributed by atoms with Gasteiger partial charge in [0.1, 0.15) is 11.9 Å². The van der Waals surface area contributed by atoms with Crippen molar-refractivity contribution in [3.63, 3.8) is 0 Å². The maximum absolute atomic E-state index is 12.4. The van der Waals surface area contributed by atoms with E-state index in [1.165, 1.54) is 0 Å². The first kappa shape index (κ1) is 17.5. The Bertz CT molecular complexity index is 637. The van der Waals surface area contributed by atoms with Gasteiger partial charge in [0.25, 0.3) is 0 Å². The highest BCUT2D eigenvalue weighted by molar-refractivity contribution is 5.86. The molecule has 1 unspecified atom stereocenters. The number of nitrogens with one attached hydrogen (secondary N) is 1. The van der Waals surface area contributed by atoms with Crippen molar-refractivity contribution in [2.24, 2.45) is 0 Å². The molecule has 7 nitrogen and oxygen atoms in total. The van der Waals surface area contributed by atoms with Gasteiger partial charge < -0.3 is 19.9 Å². The van der Waals surface area contributed by atoms with Crippen molar-refractivity contribution in [1.29, 1.82) is 0 Å². The molecule has 0 saturated carbocycles. The lowest BCUT2D eigenvalue weighted by Crippen LogP contribution is -2.53. The van der Waals surface area contributed by atoms with Crippen LogP contribution in [0.2, 0.25) is 0 Å². The van der Waals surface area contributed by atoms with E-state index in [0.717, 1.165) is 24.5 Å². The summed E-state index contributed by atoms with van der Waals surface area (Å²) in [6.07, 6.45) is 0.0114. The average Bonchev–Trinajstić information content (AvgIpc) is 2.60. The Hall–Kier alpha value is -2.28. The molecular weight excluding hydrogens is 320 g/mol. The fourth-order valence-corrected chi connectivity index (χ4v) is 3.37. The summed E-state index contributed by atoms with van der Waals surface area (Å²) < 4.78 is 6.11. The molecule has 2 aliphatic rings. The second-order valence-electron chi connectivity index (χ2n) is 6.61. The van der Waals surface area contributed by atoms with Crippen LogP contribution in [0.25, 0.3) is 0 Å². The molecule has 1 N–H and O–H groups in total. The second kappa shape index (κ2) is 7.74. The first-order chi connectivity index (χ1) is 12.1. The molecule has 2 amide bonds. The van der Waals surface area contributed by atoms with E-state index in [2.05, 4.69) is 23.2 Å². The van der Waals surface area contributed by atoms with Crippen LogP contribution in [0.4, 0.5) is 5.69 Å². The third-order valence-corrected chi connectivity index (χ3v) is 4.62. The number of likely N-dealkylation sites (N-methyl/N-ethyl adjacent to an activating group) is 2. The van der Waals surface area contributed by atoms with E-state index in [9.17, 15) is 9.59 Å². The van der Waals surface area contributed by atoms with E-state index in [1.54, 1.807) is 4.90 Å². The maximum Gasteiger partial charge on any atom is 0.239 e. The standard InChI is InChI=1S/C18H26N4O3/c1-3-21-11-14(25-16-7-5-4-6-15(16)21)10-20(2)13-18(24)22-9-8-19-17(23)12-22/h4-7,14H,3,8-13H2,1-2H3,(H,19,23). The number of anilines is 1. The summed E-state index contributed by atoms with van der Waals surface area (Å²) >= 11 is 0. The largest absolute Gasteiger partial charge is 0.485 e. The molecule has 1 fully saturated rings. The van der Waals surface area contributed by atoms with Crippen molar-refractivity contribution >= 4 is 17.5 Å². The quantitative estimate of drug-likeness (QED) is 0.823. The van der Waals surface area contributed by atoms with Crippen molar-refractivity contribution < 1.29 is 14.3 Å². The summed E-state index contributed by atoms with van der Waals surface area (Å²) in [4.78, 5) is 29.7. The van der Waals surface area contributed by atoms with Crippen molar-refractivity contribution in [2.45, 2.75) is 13.0 Å². The Morgan fingerprint density at radius 2 is 2.20 bits per heavy atom. The molecule has 2 heterocycles. The lowest BCUT2D eigenvalue weighted by molar-refractivity contribution is -0.139. The summed E-state index contributed by atoms with van der Waals surface area (Å²) in [7, 11) is 1.92. The summed E-state index contributed by atoms with van der Waals surface area (Å²) in [6.45, 7) is 6.08. The zero-order chi connectivity index (χ0) is 17.8. The summed E-state index contributed by atoms with van der Waals surface area (Å²) in [5, 5.41) is 2.73. The van der Waals surface area contributed by atoms with Gasteiger partial charge in [-0.3, -0.25) is 14.5 Å². The lowest BCUT2D eigenvalue weighted by atomic mass is 10.2. The molecule has 0 bridgehead atoms. The molecular formula is C18H26N4O3. The van der Waals surface area contributed by atoms with E-state index in [-0.39, 0.29) is 24.5 Å². The van der Waals surface area contributed by atoms with Crippen LogP contribution in [0.3, 0.4) is 0 Å². The van der Waals surface area contributed by atoms with Gasteiger partial charge in [-0.25, -0.2) is 0 Å². The number of ether oxygens (including phenoxy) is 1. The highest BCUT2D eigenvalue weighted by atomic mass is 16.5. The zero-order valence-corrected chi connectivity index (χ0v) is 14.9. The van der Waals surface area contributed by atoms with Crippen molar-refractivity contribution in [3.05, 3.63) is 24.3 Å². The van der Waals surface area contributed by atoms with E-state index >= 15 is 0 Å². The minimum atomic E-state index is -0.0898. The van der Waals surface area contributed by atoms with Crippen molar-refractivity contribution in [1.82, 2.24) is 15.1 Å². The number of carbonyl (C=O) groups excluding carboxylic acids is 2. The summed E-state index contributed by atoms with van der Waals surface area (Å²) in [5.74, 6) is 0.794. The smallest absolute Gasteiger partial charge is 0.239 e. The predicted octanol–water partition coefficient (Wildman–Crippen LogP) is 0.164. The molecule has 1 aromatic carbocycles. The SMILES string of the molecule is CCN1CC(CN(C)CC(=O)N2CCNC(=O)C2)Oc2ccccc21. The number of piperazine rings is 1. The van der Waals surface area contributed by atoms with Crippen LogP contribution in [0, 0.1) is 0 Å². The molecule has 1 saturated heterocycles. The number of hydrogen-bond donors (Lipinski definition) is 1. The van der Waals surface area contributed by atoms with E-state index in [4.69, 9.17) is 4.74 Å². The second-order valence-corrected chi connectivity index (χ2v) is 6.61. The number of para-hydroxylation sites is 2. The third-order valence-electron chi connectivity index (χ3n) is 4.62. The molecule has 0 radical (unpaired) electrons. The van der Waals surface area contributed by atoms with E-state index in [0.29, 0.717) is 26.2 Å². The number of amides is 2. The third kappa shape index (κ3) is 4.22. The predicted molar refractivity (Wildman–Crippen MR) is 95.8 cm³/mol. The number of hydrogen-bond acceptors (Lipinski definition) is 5. The highest BCUT2D eigenvalue weighted by Gasteiger charge is 2.27. The van der Waals surface area contributed by atoms with Gasteiger partial charge in [-0.1, -0.05) is 12.1 Å². The van der Waals surface area contributed by atoms with Gasteiger partial charge >= 0.3 is 0 Å². The number of nitrogens with zero attached hydrogens (tertiary/aromatic N) is 3. The zero-order valence-electron chi connectivity index (χ0n) is 14.9. The van der Waals surface area contributed by atoms with Crippen LogP contribution in [0.15, 0.2) is 24.3 Å². The van der Waals surface area contributed by atoms with Crippen molar-refractivity contribution in [3.8, 4) is 5.75 Å². The van der Waals surface area contributed by atoms with Gasteiger partial charge in [-0.05, 0) is 26.1 Å². The summed E-state index contributed by atoms with van der Waals surface area (Å²) in [6, 6.07) is 8.06.